The maximum absolute atomic E-state index is 13.1. The first-order chi connectivity index (χ1) is 20.7. The number of amides is 1. The molecule has 6 heteroatoms. The molecule has 6 nitrogen and oxygen atoms in total. The Bertz CT molecular complexity index is 1450. The van der Waals surface area contributed by atoms with Gasteiger partial charge in [0.15, 0.2) is 0 Å². The van der Waals surface area contributed by atoms with Crippen molar-refractivity contribution in [1.29, 1.82) is 0 Å². The van der Waals surface area contributed by atoms with Gasteiger partial charge in [-0.1, -0.05) is 60.7 Å². The van der Waals surface area contributed by atoms with Gasteiger partial charge in [-0.05, 0) is 84.4 Å². The monoisotopic (exact) mass is 561 g/mol. The van der Waals surface area contributed by atoms with Gasteiger partial charge in [-0.2, -0.15) is 0 Å². The van der Waals surface area contributed by atoms with Crippen LogP contribution in [0.15, 0.2) is 97.3 Å². The average molecular weight is 562 g/mol. The van der Waals surface area contributed by atoms with Crippen LogP contribution in [-0.2, 0) is 24.1 Å². The van der Waals surface area contributed by atoms with Crippen molar-refractivity contribution in [3.8, 4) is 16.9 Å². The number of Topliss-reactive ketones (excluding diaryl/α,β-unsaturated/α-hetero) is 1. The Morgan fingerprint density at radius 3 is 2.36 bits per heavy atom. The topological polar surface area (TPSA) is 71.5 Å². The summed E-state index contributed by atoms with van der Waals surface area (Å²) < 4.78 is 6.07. The van der Waals surface area contributed by atoms with Crippen molar-refractivity contribution in [3.63, 3.8) is 0 Å². The van der Waals surface area contributed by atoms with Gasteiger partial charge in [-0.25, -0.2) is 0 Å². The van der Waals surface area contributed by atoms with Crippen molar-refractivity contribution < 1.29 is 14.3 Å². The maximum Gasteiger partial charge on any atom is 0.251 e. The van der Waals surface area contributed by atoms with Crippen LogP contribution in [0, 0.1) is 0 Å². The van der Waals surface area contributed by atoms with Crippen molar-refractivity contribution in [1.82, 2.24) is 15.2 Å². The van der Waals surface area contributed by atoms with Crippen LogP contribution in [0.1, 0.15) is 46.3 Å². The molecule has 1 aromatic heterocycles. The van der Waals surface area contributed by atoms with Gasteiger partial charge in [-0.3, -0.25) is 14.6 Å². The van der Waals surface area contributed by atoms with Gasteiger partial charge in [0.1, 0.15) is 11.5 Å². The van der Waals surface area contributed by atoms with E-state index in [9.17, 15) is 9.59 Å². The van der Waals surface area contributed by atoms with Crippen LogP contribution < -0.4 is 10.1 Å². The highest BCUT2D eigenvalue weighted by Gasteiger charge is 2.16. The molecule has 1 fully saturated rings. The molecule has 0 saturated carbocycles. The second kappa shape index (κ2) is 15.1. The molecule has 5 rings (SSSR count). The molecule has 1 aliphatic heterocycles. The molecule has 0 aliphatic carbocycles. The van der Waals surface area contributed by atoms with Gasteiger partial charge in [0.05, 0.1) is 6.61 Å². The van der Waals surface area contributed by atoms with Crippen molar-refractivity contribution in [2.24, 2.45) is 0 Å². The molecule has 42 heavy (non-hydrogen) atoms. The number of hydrogen-bond acceptors (Lipinski definition) is 5. The van der Waals surface area contributed by atoms with Crippen molar-refractivity contribution in [3.05, 3.63) is 120 Å². The van der Waals surface area contributed by atoms with Crippen LogP contribution in [0.5, 0.6) is 5.75 Å². The summed E-state index contributed by atoms with van der Waals surface area (Å²) in [6.45, 7) is 4.30. The summed E-state index contributed by atoms with van der Waals surface area (Å²) in [6, 6.07) is 27.7. The summed E-state index contributed by atoms with van der Waals surface area (Å²) in [4.78, 5) is 32.1. The van der Waals surface area contributed by atoms with Gasteiger partial charge >= 0.3 is 0 Å². The number of nitrogens with one attached hydrogen (secondary N) is 1. The van der Waals surface area contributed by atoms with E-state index in [1.54, 1.807) is 6.20 Å². The fourth-order valence-electron chi connectivity index (χ4n) is 5.47. The fourth-order valence-corrected chi connectivity index (χ4v) is 5.47. The number of ketones is 1. The van der Waals surface area contributed by atoms with E-state index < -0.39 is 0 Å². The highest BCUT2D eigenvalue weighted by molar-refractivity contribution is 6.01. The lowest BCUT2D eigenvalue weighted by molar-refractivity contribution is -0.118. The summed E-state index contributed by atoms with van der Waals surface area (Å²) in [5.41, 5.74) is 5.87. The molecular formula is C36H39N3O3. The van der Waals surface area contributed by atoms with E-state index in [-0.39, 0.29) is 11.7 Å². The summed E-state index contributed by atoms with van der Waals surface area (Å²) in [5, 5.41) is 3.12. The number of aromatic nitrogens is 1. The zero-order chi connectivity index (χ0) is 29.0. The second-order valence-electron chi connectivity index (χ2n) is 10.8. The summed E-state index contributed by atoms with van der Waals surface area (Å²) in [7, 11) is 0. The Morgan fingerprint density at radius 1 is 0.810 bits per heavy atom. The Morgan fingerprint density at radius 2 is 1.57 bits per heavy atom. The molecular weight excluding hydrogens is 522 g/mol. The van der Waals surface area contributed by atoms with E-state index in [1.807, 2.05) is 79.0 Å². The number of carbonyl (C=O) groups excluding carboxylic acids is 2. The smallest absolute Gasteiger partial charge is 0.251 e. The standard InChI is InChI=1S/C36H39N3O3/c40-31(16-13-29-8-7-20-37-27-29)26-28-14-17-32(18-15-28)42-25-19-30-9-1-2-10-33(30)34-11-3-4-12-35(34)36(41)38-21-24-39-22-5-6-23-39/h1-4,7-12,14-15,17-18,20,27H,5-6,13,16,19,21-26H2,(H,38,41). The van der Waals surface area contributed by atoms with Gasteiger partial charge < -0.3 is 15.0 Å². The third kappa shape index (κ3) is 8.37. The number of carbonyl (C=O) groups is 2. The highest BCUT2D eigenvalue weighted by atomic mass is 16.5. The number of likely N-dealkylation sites (tertiary alicyclic amines) is 1. The second-order valence-corrected chi connectivity index (χ2v) is 10.8. The zero-order valence-electron chi connectivity index (χ0n) is 24.1. The van der Waals surface area contributed by atoms with Crippen LogP contribution in [0.4, 0.5) is 0 Å². The summed E-state index contributed by atoms with van der Waals surface area (Å²) in [6.07, 6.45) is 8.38. The molecule has 0 radical (unpaired) electrons. The molecule has 4 aromatic rings. The Balaban J connectivity index is 1.14. The molecule has 216 valence electrons. The Labute approximate surface area is 248 Å². The van der Waals surface area contributed by atoms with E-state index in [0.717, 1.165) is 53.2 Å². The Kier molecular flexibility index (Phi) is 10.5. The van der Waals surface area contributed by atoms with Gasteiger partial charge in [0.2, 0.25) is 0 Å². The van der Waals surface area contributed by atoms with E-state index in [0.29, 0.717) is 44.4 Å². The highest BCUT2D eigenvalue weighted by Crippen LogP contribution is 2.28. The van der Waals surface area contributed by atoms with Gasteiger partial charge in [0, 0.05) is 50.3 Å². The minimum atomic E-state index is -0.0357. The molecule has 3 aromatic carbocycles. The van der Waals surface area contributed by atoms with Gasteiger partial charge in [-0.15, -0.1) is 0 Å². The number of benzene rings is 3. The molecule has 0 atom stereocenters. The van der Waals surface area contributed by atoms with Crippen LogP contribution in [0.3, 0.4) is 0 Å². The van der Waals surface area contributed by atoms with Crippen LogP contribution >= 0.6 is 0 Å². The number of hydrogen-bond donors (Lipinski definition) is 1. The van der Waals surface area contributed by atoms with E-state index in [1.165, 1.54) is 12.8 Å². The minimum absolute atomic E-state index is 0.0357. The normalized spacial score (nSPS) is 13.1. The van der Waals surface area contributed by atoms with E-state index in [2.05, 4.69) is 27.3 Å². The number of pyridine rings is 1. The lowest BCUT2D eigenvalue weighted by Crippen LogP contribution is -2.33. The largest absolute Gasteiger partial charge is 0.493 e. The first-order valence-electron chi connectivity index (χ1n) is 15.0. The van der Waals surface area contributed by atoms with Crippen LogP contribution in [0.2, 0.25) is 0 Å². The number of rotatable bonds is 14. The third-order valence-corrected chi connectivity index (χ3v) is 7.77. The lowest BCUT2D eigenvalue weighted by atomic mass is 9.94. The zero-order valence-corrected chi connectivity index (χ0v) is 24.1. The van der Waals surface area contributed by atoms with E-state index in [4.69, 9.17) is 4.74 Å². The number of aryl methyl sites for hydroxylation is 1. The molecule has 1 aliphatic rings. The number of ether oxygens (including phenoxy) is 1. The molecule has 0 spiro atoms. The first kappa shape index (κ1) is 29.2. The maximum atomic E-state index is 13.1. The fraction of sp³-hybridized carbons (Fsp3) is 0.306. The molecule has 1 amide bonds. The van der Waals surface area contributed by atoms with Crippen LogP contribution in [0.25, 0.3) is 11.1 Å². The third-order valence-electron chi connectivity index (χ3n) is 7.77. The predicted octanol–water partition coefficient (Wildman–Crippen LogP) is 5.94. The molecule has 2 heterocycles. The van der Waals surface area contributed by atoms with Crippen LogP contribution in [-0.4, -0.2) is 54.4 Å². The Hall–Kier alpha value is -4.29. The predicted molar refractivity (Wildman–Crippen MR) is 167 cm³/mol. The molecule has 1 saturated heterocycles. The van der Waals surface area contributed by atoms with Crippen molar-refractivity contribution >= 4 is 11.7 Å². The number of nitrogens with zero attached hydrogens (tertiary/aromatic N) is 2. The quantitative estimate of drug-likeness (QED) is 0.206. The summed E-state index contributed by atoms with van der Waals surface area (Å²) >= 11 is 0. The molecule has 1 N–H and O–H groups in total. The molecule has 0 unspecified atom stereocenters. The first-order valence-corrected chi connectivity index (χ1v) is 15.0. The van der Waals surface area contributed by atoms with Gasteiger partial charge in [0.25, 0.3) is 5.91 Å². The SMILES string of the molecule is O=C(CCc1cccnc1)Cc1ccc(OCCc2ccccc2-c2ccccc2C(=O)NCCN2CCCC2)cc1. The molecule has 0 bridgehead atoms. The van der Waals surface area contributed by atoms with Crippen molar-refractivity contribution in [2.75, 3.05) is 32.8 Å². The average Bonchev–Trinajstić information content (AvgIpc) is 3.55. The van der Waals surface area contributed by atoms with Crippen molar-refractivity contribution in [2.45, 2.75) is 38.5 Å². The summed E-state index contributed by atoms with van der Waals surface area (Å²) in [5.74, 6) is 0.952. The van der Waals surface area contributed by atoms with E-state index >= 15 is 0 Å². The minimum Gasteiger partial charge on any atom is -0.493 e. The lowest BCUT2D eigenvalue weighted by Gasteiger charge is -2.17.